The summed E-state index contributed by atoms with van der Waals surface area (Å²) in [5, 5.41) is 25.6. The van der Waals surface area contributed by atoms with Crippen LogP contribution in [-0.4, -0.2) is 78.6 Å². The third-order valence-electron chi connectivity index (χ3n) is 9.45. The number of ether oxygens (including phenoxy) is 1. The van der Waals surface area contributed by atoms with E-state index in [4.69, 9.17) is 14.9 Å². The fourth-order valence-electron chi connectivity index (χ4n) is 6.77. The summed E-state index contributed by atoms with van der Waals surface area (Å²) in [5.74, 6) is -2.45. The van der Waals surface area contributed by atoms with Crippen LogP contribution in [0.3, 0.4) is 0 Å². The van der Waals surface area contributed by atoms with Crippen LogP contribution in [0.25, 0.3) is 22.5 Å². The number of aromatic nitrogens is 3. The number of aliphatic carboxylic acids is 1. The maximum atomic E-state index is 14.4. The number of hydrogen-bond donors (Lipinski definition) is 3. The summed E-state index contributed by atoms with van der Waals surface area (Å²) in [6, 6.07) is 14.9. The molecular formula is C37H43BrN6O6. The Hall–Kier alpha value is -4.52. The van der Waals surface area contributed by atoms with E-state index in [0.29, 0.717) is 24.2 Å². The van der Waals surface area contributed by atoms with E-state index in [9.17, 15) is 24.3 Å². The SMILES string of the molecule is CC(C)(C)OC(=O)N[C@H]1CCCCC/C=C\[C@@H]2C[C@@]2(C(=O)O)NC(=O)[C@@H]2C[C@H](n3nc(-c4ccccc4)c(-c4ccc(Br)cc4)n3)CN2C1=O. The molecule has 1 aliphatic carbocycles. The van der Waals surface area contributed by atoms with E-state index < -0.39 is 53.1 Å². The van der Waals surface area contributed by atoms with Crippen LogP contribution in [0.1, 0.15) is 71.8 Å². The summed E-state index contributed by atoms with van der Waals surface area (Å²) >= 11 is 3.50. The van der Waals surface area contributed by atoms with Crippen LogP contribution in [0.4, 0.5) is 4.79 Å². The quantitative estimate of drug-likeness (QED) is 0.273. The zero-order chi connectivity index (χ0) is 35.6. The van der Waals surface area contributed by atoms with E-state index in [1.165, 1.54) is 4.90 Å². The zero-order valence-corrected chi connectivity index (χ0v) is 30.1. The molecule has 2 aromatic carbocycles. The molecule has 0 unspecified atom stereocenters. The van der Waals surface area contributed by atoms with Gasteiger partial charge in [-0.2, -0.15) is 15.0 Å². The molecule has 1 aromatic heterocycles. The minimum absolute atomic E-state index is 0.0789. The molecule has 0 radical (unpaired) electrons. The number of hydrogen-bond acceptors (Lipinski definition) is 7. The molecule has 5 atom stereocenters. The van der Waals surface area contributed by atoms with Crippen molar-refractivity contribution in [3.05, 3.63) is 71.2 Å². The highest BCUT2D eigenvalue weighted by molar-refractivity contribution is 9.10. The molecule has 12 nitrogen and oxygen atoms in total. The van der Waals surface area contributed by atoms with Gasteiger partial charge in [0.1, 0.15) is 34.6 Å². The number of nitrogens with one attached hydrogen (secondary N) is 2. The van der Waals surface area contributed by atoms with Gasteiger partial charge in [-0.1, -0.05) is 83.4 Å². The number of halogens is 1. The highest BCUT2D eigenvalue weighted by Gasteiger charge is 2.61. The topological polar surface area (TPSA) is 156 Å². The van der Waals surface area contributed by atoms with Crippen molar-refractivity contribution in [3.8, 4) is 22.5 Å². The summed E-state index contributed by atoms with van der Waals surface area (Å²) < 4.78 is 6.42. The van der Waals surface area contributed by atoms with Gasteiger partial charge in [-0.15, -0.1) is 0 Å². The van der Waals surface area contributed by atoms with E-state index in [0.717, 1.165) is 34.9 Å². The largest absolute Gasteiger partial charge is 0.479 e. The van der Waals surface area contributed by atoms with Gasteiger partial charge in [0.2, 0.25) is 11.8 Å². The molecular weight excluding hydrogens is 704 g/mol. The number of carbonyl (C=O) groups excluding carboxylic acids is 3. The molecule has 3 aromatic rings. The van der Waals surface area contributed by atoms with Crippen LogP contribution in [-0.2, 0) is 19.1 Å². The number of amides is 3. The van der Waals surface area contributed by atoms with Crippen molar-refractivity contribution in [3.63, 3.8) is 0 Å². The van der Waals surface area contributed by atoms with E-state index in [-0.39, 0.29) is 25.3 Å². The maximum Gasteiger partial charge on any atom is 0.408 e. The number of rotatable bonds is 5. The molecule has 3 amide bonds. The zero-order valence-electron chi connectivity index (χ0n) is 28.5. The molecule has 264 valence electrons. The van der Waals surface area contributed by atoms with E-state index in [1.54, 1.807) is 25.6 Å². The average Bonchev–Trinajstić information content (AvgIpc) is 3.38. The second-order valence-corrected chi connectivity index (χ2v) is 15.2. The molecule has 6 rings (SSSR count). The van der Waals surface area contributed by atoms with Gasteiger partial charge in [0.15, 0.2) is 0 Å². The lowest BCUT2D eigenvalue weighted by Crippen LogP contribution is -2.56. The van der Waals surface area contributed by atoms with Crippen molar-refractivity contribution in [2.24, 2.45) is 5.92 Å². The number of nitrogens with zero attached hydrogens (tertiary/aromatic N) is 4. The Bertz CT molecular complexity index is 1770. The highest BCUT2D eigenvalue weighted by Crippen LogP contribution is 2.45. The normalized spacial score (nSPS) is 26.4. The number of carboxylic acids is 1. The summed E-state index contributed by atoms with van der Waals surface area (Å²) in [4.78, 5) is 57.0. The number of carboxylic acid groups (broad SMARTS) is 1. The van der Waals surface area contributed by atoms with Crippen molar-refractivity contribution < 1.29 is 29.0 Å². The Morgan fingerprint density at radius 3 is 2.34 bits per heavy atom. The predicted octanol–water partition coefficient (Wildman–Crippen LogP) is 5.89. The Labute approximate surface area is 299 Å². The predicted molar refractivity (Wildman–Crippen MR) is 190 cm³/mol. The van der Waals surface area contributed by atoms with Gasteiger partial charge >= 0.3 is 12.1 Å². The van der Waals surface area contributed by atoms with Crippen molar-refractivity contribution >= 4 is 39.8 Å². The fraction of sp³-hybridized carbons (Fsp3) is 0.459. The number of benzene rings is 2. The second kappa shape index (κ2) is 14.4. The van der Waals surface area contributed by atoms with Crippen molar-refractivity contribution in [2.75, 3.05) is 6.54 Å². The Balaban J connectivity index is 1.36. The molecule has 50 heavy (non-hydrogen) atoms. The van der Waals surface area contributed by atoms with E-state index in [1.807, 2.05) is 66.7 Å². The molecule has 0 spiro atoms. The number of carbonyl (C=O) groups is 4. The summed E-state index contributed by atoms with van der Waals surface area (Å²) in [6.07, 6.45) is 6.95. The third kappa shape index (κ3) is 7.77. The lowest BCUT2D eigenvalue weighted by molar-refractivity contribution is -0.145. The molecule has 3 heterocycles. The van der Waals surface area contributed by atoms with E-state index >= 15 is 0 Å². The summed E-state index contributed by atoms with van der Waals surface area (Å²) in [7, 11) is 0. The van der Waals surface area contributed by atoms with Gasteiger partial charge in [-0.3, -0.25) is 9.59 Å². The van der Waals surface area contributed by atoms with Gasteiger partial charge in [-0.05, 0) is 58.6 Å². The Kier molecular flexibility index (Phi) is 10.2. The molecule has 3 N–H and O–H groups in total. The third-order valence-corrected chi connectivity index (χ3v) is 9.98. The minimum atomic E-state index is -1.44. The molecule has 3 aliphatic rings. The van der Waals surface area contributed by atoms with Crippen LogP contribution in [0.5, 0.6) is 0 Å². The van der Waals surface area contributed by atoms with Gasteiger partial charge in [-0.25, -0.2) is 9.59 Å². The van der Waals surface area contributed by atoms with Crippen LogP contribution in [0.15, 0.2) is 71.2 Å². The lowest BCUT2D eigenvalue weighted by Gasteiger charge is -2.30. The summed E-state index contributed by atoms with van der Waals surface area (Å²) in [5.41, 5.74) is 0.782. The first-order valence-corrected chi connectivity index (χ1v) is 17.9. The monoisotopic (exact) mass is 746 g/mol. The van der Waals surface area contributed by atoms with Crippen LogP contribution in [0.2, 0.25) is 0 Å². The number of fused-ring (bicyclic) bond motifs is 2. The lowest BCUT2D eigenvalue weighted by atomic mass is 10.0. The number of alkyl carbamates (subject to hydrolysis) is 1. The van der Waals surface area contributed by atoms with Gasteiger partial charge in [0.05, 0.1) is 6.04 Å². The first-order chi connectivity index (χ1) is 23.8. The van der Waals surface area contributed by atoms with Crippen molar-refractivity contribution in [2.45, 2.75) is 95.0 Å². The van der Waals surface area contributed by atoms with Crippen LogP contribution >= 0.6 is 15.9 Å². The van der Waals surface area contributed by atoms with Crippen molar-refractivity contribution in [1.82, 2.24) is 30.5 Å². The smallest absolute Gasteiger partial charge is 0.408 e. The van der Waals surface area contributed by atoms with Crippen molar-refractivity contribution in [1.29, 1.82) is 0 Å². The molecule has 2 fully saturated rings. The molecule has 13 heteroatoms. The average molecular weight is 748 g/mol. The first-order valence-electron chi connectivity index (χ1n) is 17.1. The maximum absolute atomic E-state index is 14.4. The molecule has 0 bridgehead atoms. The second-order valence-electron chi connectivity index (χ2n) is 14.3. The Morgan fingerprint density at radius 2 is 1.68 bits per heavy atom. The van der Waals surface area contributed by atoms with Crippen LogP contribution in [0, 0.1) is 5.92 Å². The summed E-state index contributed by atoms with van der Waals surface area (Å²) in [6.45, 7) is 5.32. The van der Waals surface area contributed by atoms with Gasteiger partial charge in [0.25, 0.3) is 0 Å². The molecule has 1 saturated carbocycles. The van der Waals surface area contributed by atoms with E-state index in [2.05, 4.69) is 26.6 Å². The molecule has 2 aliphatic heterocycles. The highest BCUT2D eigenvalue weighted by atomic mass is 79.9. The van der Waals surface area contributed by atoms with Gasteiger partial charge in [0, 0.05) is 34.5 Å². The molecule has 1 saturated heterocycles. The minimum Gasteiger partial charge on any atom is -0.479 e. The fourth-order valence-corrected chi connectivity index (χ4v) is 7.04. The van der Waals surface area contributed by atoms with Crippen LogP contribution < -0.4 is 10.6 Å². The first kappa shape index (κ1) is 35.3. The Morgan fingerprint density at radius 1 is 1.00 bits per heavy atom. The standard InChI is InChI=1S/C37H43BrN6O6/c1-36(2,3)50-35(49)39-28-15-11-6-4-5-10-14-25-21-37(25,34(47)48)40-32(45)29-20-27(22-43(29)33(28)46)44-41-30(23-12-8-7-9-13-23)31(42-44)24-16-18-26(38)19-17-24/h7-10,12-14,16-19,25,27-29H,4-6,11,15,20-22H2,1-3H3,(H,39,49)(H,40,45)(H,47,48)/b14-10-/t25-,27+,28+,29+,37-/m1/s1. The number of allylic oxidation sites excluding steroid dienone is 1. The van der Waals surface area contributed by atoms with Gasteiger partial charge < -0.3 is 25.4 Å².